The summed E-state index contributed by atoms with van der Waals surface area (Å²) in [6.07, 6.45) is 8.23. The van der Waals surface area contributed by atoms with E-state index in [1.165, 1.54) is 44.3 Å². The topological polar surface area (TPSA) is 36.4 Å². The lowest BCUT2D eigenvalue weighted by Crippen LogP contribution is -2.43. The van der Waals surface area contributed by atoms with Crippen LogP contribution in [0.1, 0.15) is 45.4 Å². The fraction of sp³-hybridized carbons (Fsp3) is 0.929. The zero-order valence-electron chi connectivity index (χ0n) is 11.8. The van der Waals surface area contributed by atoms with Crippen LogP contribution in [0.25, 0.3) is 0 Å². The lowest BCUT2D eigenvalue weighted by molar-refractivity contribution is 0.334. The summed E-state index contributed by atoms with van der Waals surface area (Å²) in [7, 11) is 1.87. The first-order chi connectivity index (χ1) is 8.72. The van der Waals surface area contributed by atoms with E-state index in [1.54, 1.807) is 0 Å². The van der Waals surface area contributed by atoms with Crippen molar-refractivity contribution in [2.75, 3.05) is 25.9 Å². The number of hydrogen-bond acceptors (Lipinski definition) is 2. The van der Waals surface area contributed by atoms with Gasteiger partial charge < -0.3 is 10.6 Å². The molecule has 2 N–H and O–H groups in total. The first-order valence-corrected chi connectivity index (χ1v) is 8.33. The molecule has 4 heteroatoms. The van der Waals surface area contributed by atoms with Crippen LogP contribution in [0, 0.1) is 5.41 Å². The van der Waals surface area contributed by atoms with Gasteiger partial charge in [-0.2, -0.15) is 11.8 Å². The first kappa shape index (κ1) is 14.0. The fourth-order valence-electron chi connectivity index (χ4n) is 2.94. The second-order valence-electron chi connectivity index (χ2n) is 5.96. The molecule has 0 aromatic heterocycles. The minimum Gasteiger partial charge on any atom is -0.356 e. The quantitative estimate of drug-likeness (QED) is 0.608. The Labute approximate surface area is 116 Å². The molecule has 0 amide bonds. The van der Waals surface area contributed by atoms with Crippen LogP contribution in [0.2, 0.25) is 0 Å². The maximum Gasteiger partial charge on any atom is 0.191 e. The van der Waals surface area contributed by atoms with E-state index in [0.717, 1.165) is 24.3 Å². The highest BCUT2D eigenvalue weighted by atomic mass is 32.2. The van der Waals surface area contributed by atoms with Crippen LogP contribution < -0.4 is 10.6 Å². The summed E-state index contributed by atoms with van der Waals surface area (Å²) in [5.74, 6) is 2.31. The molecule has 104 valence electrons. The number of rotatable bonds is 4. The van der Waals surface area contributed by atoms with Crippen molar-refractivity contribution >= 4 is 17.7 Å². The number of guanidine groups is 1. The van der Waals surface area contributed by atoms with Crippen molar-refractivity contribution in [3.63, 3.8) is 0 Å². The molecule has 1 saturated carbocycles. The Morgan fingerprint density at radius 2 is 2.06 bits per heavy atom. The van der Waals surface area contributed by atoms with E-state index in [1.807, 2.05) is 7.05 Å². The highest BCUT2D eigenvalue weighted by molar-refractivity contribution is 8.00. The van der Waals surface area contributed by atoms with Gasteiger partial charge in [-0.15, -0.1) is 0 Å². The second-order valence-corrected chi connectivity index (χ2v) is 7.37. The Morgan fingerprint density at radius 1 is 1.28 bits per heavy atom. The van der Waals surface area contributed by atoms with E-state index in [9.17, 15) is 0 Å². The first-order valence-electron chi connectivity index (χ1n) is 7.28. The Kier molecular flexibility index (Phi) is 5.22. The normalized spacial score (nSPS) is 27.4. The molecule has 1 atom stereocenters. The third kappa shape index (κ3) is 4.08. The molecule has 0 bridgehead atoms. The van der Waals surface area contributed by atoms with E-state index >= 15 is 0 Å². The molecule has 18 heavy (non-hydrogen) atoms. The summed E-state index contributed by atoms with van der Waals surface area (Å²) in [5, 5.41) is 7.76. The molecular weight excluding hydrogens is 242 g/mol. The van der Waals surface area contributed by atoms with E-state index in [0.29, 0.717) is 5.41 Å². The van der Waals surface area contributed by atoms with Crippen molar-refractivity contribution in [1.82, 2.24) is 10.6 Å². The van der Waals surface area contributed by atoms with Crippen molar-refractivity contribution < 1.29 is 0 Å². The molecule has 1 aliphatic carbocycles. The highest BCUT2D eigenvalue weighted by Gasteiger charge is 2.28. The van der Waals surface area contributed by atoms with Gasteiger partial charge in [0.2, 0.25) is 0 Å². The summed E-state index contributed by atoms with van der Waals surface area (Å²) in [5.41, 5.74) is 0.486. The zero-order valence-corrected chi connectivity index (χ0v) is 12.6. The molecule has 2 fully saturated rings. The smallest absolute Gasteiger partial charge is 0.191 e. The third-order valence-electron chi connectivity index (χ3n) is 4.24. The van der Waals surface area contributed by atoms with Gasteiger partial charge >= 0.3 is 0 Å². The van der Waals surface area contributed by atoms with Crippen molar-refractivity contribution in [3.05, 3.63) is 0 Å². The van der Waals surface area contributed by atoms with Crippen molar-refractivity contribution in [1.29, 1.82) is 0 Å². The van der Waals surface area contributed by atoms with Gasteiger partial charge in [0, 0.05) is 25.4 Å². The lowest BCUT2D eigenvalue weighted by atomic mass is 9.89. The van der Waals surface area contributed by atoms with Crippen LogP contribution in [-0.4, -0.2) is 37.1 Å². The van der Waals surface area contributed by atoms with Gasteiger partial charge in [0.25, 0.3) is 0 Å². The second kappa shape index (κ2) is 6.69. The van der Waals surface area contributed by atoms with Gasteiger partial charge in [0.05, 0.1) is 0 Å². The number of nitrogens with zero attached hydrogens (tertiary/aromatic N) is 1. The molecule has 0 aromatic carbocycles. The largest absolute Gasteiger partial charge is 0.356 e. The van der Waals surface area contributed by atoms with Crippen LogP contribution in [0.5, 0.6) is 0 Å². The molecule has 2 rings (SSSR count). The zero-order chi connectivity index (χ0) is 12.8. The summed E-state index contributed by atoms with van der Waals surface area (Å²) in [4.78, 5) is 4.33. The number of thioether (sulfide) groups is 1. The Bertz CT molecular complexity index is 279. The van der Waals surface area contributed by atoms with Crippen molar-refractivity contribution in [2.45, 2.75) is 50.7 Å². The van der Waals surface area contributed by atoms with Gasteiger partial charge in [-0.25, -0.2) is 0 Å². The van der Waals surface area contributed by atoms with Gasteiger partial charge in [-0.05, 0) is 36.9 Å². The molecule has 0 spiro atoms. The van der Waals surface area contributed by atoms with Gasteiger partial charge in [0.1, 0.15) is 0 Å². The van der Waals surface area contributed by atoms with Crippen LogP contribution in [0.3, 0.4) is 0 Å². The monoisotopic (exact) mass is 269 g/mol. The molecule has 1 aliphatic heterocycles. The van der Waals surface area contributed by atoms with Crippen molar-refractivity contribution in [2.24, 2.45) is 10.4 Å². The maximum absolute atomic E-state index is 4.33. The molecule has 1 heterocycles. The Morgan fingerprint density at radius 3 is 2.67 bits per heavy atom. The van der Waals surface area contributed by atoms with E-state index in [2.05, 4.69) is 34.3 Å². The number of aliphatic imine (C=N–C) groups is 1. The average molecular weight is 269 g/mol. The van der Waals surface area contributed by atoms with Crippen LogP contribution in [-0.2, 0) is 0 Å². The summed E-state index contributed by atoms with van der Waals surface area (Å²) >= 11 is 2.09. The molecule has 1 saturated heterocycles. The van der Waals surface area contributed by atoms with Gasteiger partial charge in [-0.3, -0.25) is 4.99 Å². The highest BCUT2D eigenvalue weighted by Crippen LogP contribution is 2.36. The predicted molar refractivity (Wildman–Crippen MR) is 81.4 cm³/mol. The minimum absolute atomic E-state index is 0.486. The SMILES string of the molecule is CN=C(NCC1CCCS1)NCC1(C)CCCC1. The van der Waals surface area contributed by atoms with Crippen LogP contribution in [0.15, 0.2) is 4.99 Å². The number of hydrogen-bond donors (Lipinski definition) is 2. The summed E-state index contributed by atoms with van der Waals surface area (Å²) < 4.78 is 0. The van der Waals surface area contributed by atoms with Gasteiger partial charge in [-0.1, -0.05) is 19.8 Å². The standard InChI is InChI=1S/C14H27N3S/c1-14(7-3-4-8-14)11-17-13(15-2)16-10-12-6-5-9-18-12/h12H,3-11H2,1-2H3,(H2,15,16,17). The van der Waals surface area contributed by atoms with E-state index in [-0.39, 0.29) is 0 Å². The molecular formula is C14H27N3S. The van der Waals surface area contributed by atoms with Crippen LogP contribution >= 0.6 is 11.8 Å². The minimum atomic E-state index is 0.486. The van der Waals surface area contributed by atoms with Gasteiger partial charge in [0.15, 0.2) is 5.96 Å². The van der Waals surface area contributed by atoms with Crippen LogP contribution in [0.4, 0.5) is 0 Å². The Balaban J connectivity index is 1.68. The molecule has 2 aliphatic rings. The molecule has 0 aromatic rings. The number of nitrogens with one attached hydrogen (secondary N) is 2. The predicted octanol–water partition coefficient (Wildman–Crippen LogP) is 2.63. The maximum atomic E-state index is 4.33. The summed E-state index contributed by atoms with van der Waals surface area (Å²) in [6.45, 7) is 4.51. The molecule has 1 unspecified atom stereocenters. The third-order valence-corrected chi connectivity index (χ3v) is 5.64. The van der Waals surface area contributed by atoms with E-state index in [4.69, 9.17) is 0 Å². The van der Waals surface area contributed by atoms with Crippen molar-refractivity contribution in [3.8, 4) is 0 Å². The average Bonchev–Trinajstić information content (AvgIpc) is 3.01. The molecule has 0 radical (unpaired) electrons. The fourth-order valence-corrected chi connectivity index (χ4v) is 4.14. The Hall–Kier alpha value is -0.380. The lowest BCUT2D eigenvalue weighted by Gasteiger charge is -2.25. The summed E-state index contributed by atoms with van der Waals surface area (Å²) in [6, 6.07) is 0. The van der Waals surface area contributed by atoms with E-state index < -0.39 is 0 Å². The molecule has 3 nitrogen and oxygen atoms in total.